The molecule has 3 rings (SSSR count). The standard InChI is InChI=1S/C14H20N4OS/c1-14(10-19,15-11-5-6-11)7-9-20-13-17-16-12-4-2-3-8-18(12)13/h2-4,8,11,15,19H,5-7,9-10H2,1H3. The Kier molecular flexibility index (Phi) is 3.96. The van der Waals surface area contributed by atoms with E-state index in [0.29, 0.717) is 6.04 Å². The number of nitrogens with zero attached hydrogens (tertiary/aromatic N) is 3. The zero-order valence-electron chi connectivity index (χ0n) is 11.6. The van der Waals surface area contributed by atoms with Gasteiger partial charge in [0.25, 0.3) is 0 Å². The van der Waals surface area contributed by atoms with E-state index in [9.17, 15) is 5.11 Å². The predicted molar refractivity (Wildman–Crippen MR) is 80.0 cm³/mol. The summed E-state index contributed by atoms with van der Waals surface area (Å²) in [6.45, 7) is 2.26. The van der Waals surface area contributed by atoms with Crippen LogP contribution in [-0.2, 0) is 0 Å². The summed E-state index contributed by atoms with van der Waals surface area (Å²) in [6.07, 6.45) is 5.35. The van der Waals surface area contributed by atoms with Crippen molar-refractivity contribution in [3.05, 3.63) is 24.4 Å². The number of pyridine rings is 1. The number of nitrogens with one attached hydrogen (secondary N) is 1. The Bertz CT molecular complexity index is 583. The van der Waals surface area contributed by atoms with E-state index in [1.54, 1.807) is 11.8 Å². The lowest BCUT2D eigenvalue weighted by Gasteiger charge is -2.28. The lowest BCUT2D eigenvalue weighted by molar-refractivity contribution is 0.169. The molecule has 5 nitrogen and oxygen atoms in total. The van der Waals surface area contributed by atoms with Crippen molar-refractivity contribution in [3.8, 4) is 0 Å². The molecule has 0 amide bonds. The fourth-order valence-corrected chi connectivity index (χ4v) is 3.33. The average molecular weight is 292 g/mol. The van der Waals surface area contributed by atoms with Gasteiger partial charge in [-0.2, -0.15) is 0 Å². The summed E-state index contributed by atoms with van der Waals surface area (Å²) in [4.78, 5) is 0. The highest BCUT2D eigenvalue weighted by atomic mass is 32.2. The second-order valence-corrected chi connectivity index (χ2v) is 6.71. The highest BCUT2D eigenvalue weighted by Gasteiger charge is 2.31. The first-order valence-corrected chi connectivity index (χ1v) is 8.00. The van der Waals surface area contributed by atoms with Crippen molar-refractivity contribution in [3.63, 3.8) is 0 Å². The van der Waals surface area contributed by atoms with Gasteiger partial charge in [0.05, 0.1) is 6.61 Å². The van der Waals surface area contributed by atoms with Crippen molar-refractivity contribution < 1.29 is 5.11 Å². The highest BCUT2D eigenvalue weighted by molar-refractivity contribution is 7.99. The molecule has 1 aliphatic carbocycles. The molecule has 108 valence electrons. The van der Waals surface area contributed by atoms with Crippen molar-refractivity contribution in [1.82, 2.24) is 19.9 Å². The largest absolute Gasteiger partial charge is 0.394 e. The predicted octanol–water partition coefficient (Wildman–Crippen LogP) is 1.71. The van der Waals surface area contributed by atoms with Crippen LogP contribution in [0.15, 0.2) is 29.6 Å². The summed E-state index contributed by atoms with van der Waals surface area (Å²) in [7, 11) is 0. The van der Waals surface area contributed by atoms with Gasteiger partial charge in [-0.1, -0.05) is 17.8 Å². The number of hydrogen-bond acceptors (Lipinski definition) is 5. The van der Waals surface area contributed by atoms with Gasteiger partial charge in [-0.25, -0.2) is 0 Å². The quantitative estimate of drug-likeness (QED) is 0.761. The normalized spacial score (nSPS) is 18.3. The van der Waals surface area contributed by atoms with Gasteiger partial charge in [-0.15, -0.1) is 10.2 Å². The molecule has 0 saturated heterocycles. The van der Waals surface area contributed by atoms with Crippen LogP contribution in [0.3, 0.4) is 0 Å². The van der Waals surface area contributed by atoms with Crippen molar-refractivity contribution in [2.75, 3.05) is 12.4 Å². The van der Waals surface area contributed by atoms with E-state index in [2.05, 4.69) is 22.4 Å². The molecular formula is C14H20N4OS. The minimum absolute atomic E-state index is 0.171. The Morgan fingerprint density at radius 3 is 3.05 bits per heavy atom. The molecule has 0 radical (unpaired) electrons. The van der Waals surface area contributed by atoms with Gasteiger partial charge in [0.2, 0.25) is 0 Å². The maximum absolute atomic E-state index is 9.59. The van der Waals surface area contributed by atoms with Crippen LogP contribution >= 0.6 is 11.8 Å². The van der Waals surface area contributed by atoms with Crippen molar-refractivity contribution in [2.45, 2.75) is 42.9 Å². The monoisotopic (exact) mass is 292 g/mol. The Morgan fingerprint density at radius 2 is 2.30 bits per heavy atom. The van der Waals surface area contributed by atoms with Crippen LogP contribution in [0.4, 0.5) is 0 Å². The number of aliphatic hydroxyl groups excluding tert-OH is 1. The van der Waals surface area contributed by atoms with E-state index in [4.69, 9.17) is 0 Å². The molecule has 0 spiro atoms. The van der Waals surface area contributed by atoms with Gasteiger partial charge in [0, 0.05) is 23.5 Å². The van der Waals surface area contributed by atoms with Gasteiger partial charge in [-0.3, -0.25) is 4.40 Å². The topological polar surface area (TPSA) is 62.5 Å². The van der Waals surface area contributed by atoms with Crippen molar-refractivity contribution in [1.29, 1.82) is 0 Å². The second kappa shape index (κ2) is 5.71. The summed E-state index contributed by atoms with van der Waals surface area (Å²) >= 11 is 1.68. The Balaban J connectivity index is 1.58. The maximum Gasteiger partial charge on any atom is 0.195 e. The van der Waals surface area contributed by atoms with Gasteiger partial charge in [-0.05, 0) is 38.3 Å². The first-order chi connectivity index (χ1) is 9.70. The molecule has 20 heavy (non-hydrogen) atoms. The molecule has 1 saturated carbocycles. The number of aliphatic hydroxyl groups is 1. The third-order valence-electron chi connectivity index (χ3n) is 3.65. The van der Waals surface area contributed by atoms with Gasteiger partial charge in [0.15, 0.2) is 10.8 Å². The SMILES string of the molecule is CC(CO)(CCSc1nnc2ccccn12)NC1CC1. The number of thioether (sulfide) groups is 1. The Labute approximate surface area is 122 Å². The minimum Gasteiger partial charge on any atom is -0.394 e. The zero-order chi connectivity index (χ0) is 14.0. The lowest BCUT2D eigenvalue weighted by atomic mass is 10.0. The summed E-state index contributed by atoms with van der Waals surface area (Å²) in [5.74, 6) is 0.909. The van der Waals surface area contributed by atoms with E-state index < -0.39 is 0 Å². The smallest absolute Gasteiger partial charge is 0.195 e. The molecule has 2 aromatic rings. The van der Waals surface area contributed by atoms with Crippen molar-refractivity contribution in [2.24, 2.45) is 0 Å². The van der Waals surface area contributed by atoms with E-state index in [1.165, 1.54) is 12.8 Å². The van der Waals surface area contributed by atoms with E-state index in [0.717, 1.165) is 23.0 Å². The minimum atomic E-state index is -0.186. The number of hydrogen-bond donors (Lipinski definition) is 2. The molecule has 2 N–H and O–H groups in total. The first-order valence-electron chi connectivity index (χ1n) is 7.01. The molecule has 1 aliphatic rings. The summed E-state index contributed by atoms with van der Waals surface area (Å²) in [5.41, 5.74) is 0.685. The van der Waals surface area contributed by atoms with Gasteiger partial charge >= 0.3 is 0 Å². The average Bonchev–Trinajstić information content (AvgIpc) is 3.17. The number of aromatic nitrogens is 3. The van der Waals surface area contributed by atoms with E-state index >= 15 is 0 Å². The number of rotatable bonds is 7. The van der Waals surface area contributed by atoms with Crippen LogP contribution < -0.4 is 5.32 Å². The zero-order valence-corrected chi connectivity index (χ0v) is 12.4. The van der Waals surface area contributed by atoms with Crippen LogP contribution in [0.25, 0.3) is 5.65 Å². The number of fused-ring (bicyclic) bond motifs is 1. The van der Waals surface area contributed by atoms with Gasteiger partial charge < -0.3 is 10.4 Å². The van der Waals surface area contributed by atoms with Crippen LogP contribution in [0.5, 0.6) is 0 Å². The molecule has 0 bridgehead atoms. The molecule has 2 aromatic heterocycles. The van der Waals surface area contributed by atoms with Gasteiger partial charge in [0.1, 0.15) is 0 Å². The molecule has 6 heteroatoms. The van der Waals surface area contributed by atoms with E-state index in [1.807, 2.05) is 28.8 Å². The highest BCUT2D eigenvalue weighted by Crippen LogP contribution is 2.26. The molecule has 1 atom stereocenters. The van der Waals surface area contributed by atoms with Crippen LogP contribution in [-0.4, -0.2) is 43.6 Å². The Morgan fingerprint density at radius 1 is 1.45 bits per heavy atom. The fraction of sp³-hybridized carbons (Fsp3) is 0.571. The third-order valence-corrected chi connectivity index (χ3v) is 4.59. The lowest BCUT2D eigenvalue weighted by Crippen LogP contribution is -2.47. The molecule has 2 heterocycles. The maximum atomic E-state index is 9.59. The van der Waals surface area contributed by atoms with Crippen LogP contribution in [0.2, 0.25) is 0 Å². The Hall–Kier alpha value is -1.11. The summed E-state index contributed by atoms with van der Waals surface area (Å²) in [6, 6.07) is 6.49. The molecule has 1 fully saturated rings. The summed E-state index contributed by atoms with van der Waals surface area (Å²) < 4.78 is 2.00. The summed E-state index contributed by atoms with van der Waals surface area (Å²) in [5, 5.41) is 22.4. The molecule has 1 unspecified atom stereocenters. The molecule has 0 aromatic carbocycles. The third kappa shape index (κ3) is 3.13. The van der Waals surface area contributed by atoms with Crippen molar-refractivity contribution >= 4 is 17.4 Å². The van der Waals surface area contributed by atoms with E-state index in [-0.39, 0.29) is 12.1 Å². The van der Waals surface area contributed by atoms with Crippen LogP contribution in [0, 0.1) is 0 Å². The molecular weight excluding hydrogens is 272 g/mol. The first kappa shape index (κ1) is 13.9. The fourth-order valence-electron chi connectivity index (χ4n) is 2.20. The second-order valence-electron chi connectivity index (χ2n) is 5.65. The van der Waals surface area contributed by atoms with Crippen LogP contribution in [0.1, 0.15) is 26.2 Å². The molecule has 0 aliphatic heterocycles.